The Morgan fingerprint density at radius 3 is 2.38 bits per heavy atom. The molecule has 0 aliphatic rings. The highest BCUT2D eigenvalue weighted by Gasteiger charge is 2.08. The Kier molecular flexibility index (Phi) is 8.82. The van der Waals surface area contributed by atoms with Gasteiger partial charge in [0.2, 0.25) is 0 Å². The monoisotopic (exact) mass is 398 g/mol. The number of hydrogen-bond donors (Lipinski definition) is 3. The summed E-state index contributed by atoms with van der Waals surface area (Å²) in [4.78, 5) is 18.7. The molecule has 0 unspecified atom stereocenters. The first-order valence-electron chi connectivity index (χ1n) is 9.82. The molecule has 156 valence electrons. The maximum Gasteiger partial charge on any atom is 0.251 e. The van der Waals surface area contributed by atoms with Gasteiger partial charge in [-0.15, -0.1) is 0 Å². The molecule has 7 nitrogen and oxygen atoms in total. The van der Waals surface area contributed by atoms with Crippen LogP contribution in [0.3, 0.4) is 0 Å². The van der Waals surface area contributed by atoms with Crippen LogP contribution in [0.1, 0.15) is 29.8 Å². The van der Waals surface area contributed by atoms with Gasteiger partial charge in [0, 0.05) is 32.2 Å². The van der Waals surface area contributed by atoms with E-state index in [0.29, 0.717) is 31.8 Å². The van der Waals surface area contributed by atoms with E-state index in [9.17, 15) is 9.90 Å². The van der Waals surface area contributed by atoms with Crippen LogP contribution in [0.25, 0.3) is 0 Å². The van der Waals surface area contributed by atoms with E-state index in [1.807, 2.05) is 50.1 Å². The summed E-state index contributed by atoms with van der Waals surface area (Å²) in [6, 6.07) is 14.2. The number of phenols is 1. The predicted molar refractivity (Wildman–Crippen MR) is 115 cm³/mol. The van der Waals surface area contributed by atoms with Gasteiger partial charge in [-0.2, -0.15) is 0 Å². The number of ether oxygens (including phenoxy) is 1. The van der Waals surface area contributed by atoms with Gasteiger partial charge in [0.15, 0.2) is 5.96 Å². The minimum Gasteiger partial charge on any atom is -0.508 e. The first-order chi connectivity index (χ1) is 14.0. The molecule has 0 fully saturated rings. The van der Waals surface area contributed by atoms with Crippen LogP contribution in [0.15, 0.2) is 53.5 Å². The molecule has 0 saturated carbocycles. The number of aliphatic imine (C=N–C) groups is 1. The average molecular weight is 399 g/mol. The smallest absolute Gasteiger partial charge is 0.251 e. The van der Waals surface area contributed by atoms with Crippen molar-refractivity contribution in [2.45, 2.75) is 20.4 Å². The molecule has 7 heteroatoms. The lowest BCUT2D eigenvalue weighted by Crippen LogP contribution is -2.39. The number of rotatable bonds is 9. The van der Waals surface area contributed by atoms with E-state index in [1.54, 1.807) is 12.1 Å². The molecule has 1 amide bonds. The first-order valence-corrected chi connectivity index (χ1v) is 9.82. The number of nitrogens with one attached hydrogen (secondary N) is 2. The molecule has 2 rings (SSSR count). The standard InChI is InChI=1S/C22H30N4O3/c1-4-23-22(26(3)16-17-6-12-20(13-7-17)29-5-2)25-15-14-24-21(28)18-8-10-19(27)11-9-18/h6-13,27H,4-5,14-16H2,1-3H3,(H,23,25)(H,24,28). The number of carbonyl (C=O) groups excluding carboxylic acids is 1. The summed E-state index contributed by atoms with van der Waals surface area (Å²) >= 11 is 0. The maximum absolute atomic E-state index is 12.1. The molecule has 0 aliphatic heterocycles. The molecule has 0 heterocycles. The second-order valence-electron chi connectivity index (χ2n) is 6.47. The lowest BCUT2D eigenvalue weighted by molar-refractivity contribution is 0.0955. The highest BCUT2D eigenvalue weighted by molar-refractivity contribution is 5.94. The van der Waals surface area contributed by atoms with E-state index < -0.39 is 0 Å². The summed E-state index contributed by atoms with van der Waals surface area (Å²) < 4.78 is 5.48. The molecule has 0 atom stereocenters. The van der Waals surface area contributed by atoms with Crippen LogP contribution in [-0.4, -0.2) is 55.2 Å². The van der Waals surface area contributed by atoms with E-state index in [4.69, 9.17) is 4.74 Å². The lowest BCUT2D eigenvalue weighted by Gasteiger charge is -2.22. The topological polar surface area (TPSA) is 86.2 Å². The van der Waals surface area contributed by atoms with Crippen molar-refractivity contribution >= 4 is 11.9 Å². The van der Waals surface area contributed by atoms with E-state index in [-0.39, 0.29) is 11.7 Å². The second-order valence-corrected chi connectivity index (χ2v) is 6.47. The number of aromatic hydroxyl groups is 1. The van der Waals surface area contributed by atoms with Crippen LogP contribution >= 0.6 is 0 Å². The summed E-state index contributed by atoms with van der Waals surface area (Å²) in [7, 11) is 1.98. The van der Waals surface area contributed by atoms with Crippen molar-refractivity contribution in [3.63, 3.8) is 0 Å². The Morgan fingerprint density at radius 2 is 1.76 bits per heavy atom. The van der Waals surface area contributed by atoms with E-state index >= 15 is 0 Å². The van der Waals surface area contributed by atoms with Gasteiger partial charge in [0.25, 0.3) is 5.91 Å². The van der Waals surface area contributed by atoms with Crippen molar-refractivity contribution in [3.8, 4) is 11.5 Å². The van der Waals surface area contributed by atoms with Crippen LogP contribution in [0.5, 0.6) is 11.5 Å². The molecule has 0 aliphatic carbocycles. The Morgan fingerprint density at radius 1 is 1.07 bits per heavy atom. The number of hydrogen-bond acceptors (Lipinski definition) is 4. The van der Waals surface area contributed by atoms with Crippen LogP contribution < -0.4 is 15.4 Å². The zero-order valence-electron chi connectivity index (χ0n) is 17.3. The van der Waals surface area contributed by atoms with Gasteiger partial charge >= 0.3 is 0 Å². The van der Waals surface area contributed by atoms with Crippen molar-refractivity contribution in [2.24, 2.45) is 4.99 Å². The third-order valence-electron chi connectivity index (χ3n) is 4.14. The zero-order chi connectivity index (χ0) is 21.1. The molecule has 29 heavy (non-hydrogen) atoms. The minimum absolute atomic E-state index is 0.136. The van der Waals surface area contributed by atoms with Crippen molar-refractivity contribution in [2.75, 3.05) is 33.3 Å². The van der Waals surface area contributed by atoms with Gasteiger partial charge in [0.05, 0.1) is 13.2 Å². The number of nitrogens with zero attached hydrogens (tertiary/aromatic N) is 2. The third-order valence-corrected chi connectivity index (χ3v) is 4.14. The molecular formula is C22H30N4O3. The molecule has 2 aromatic carbocycles. The third kappa shape index (κ3) is 7.37. The molecule has 0 saturated heterocycles. The summed E-state index contributed by atoms with van der Waals surface area (Å²) in [6.07, 6.45) is 0. The Balaban J connectivity index is 1.87. The number of amides is 1. The average Bonchev–Trinajstić information content (AvgIpc) is 2.72. The van der Waals surface area contributed by atoms with Crippen LogP contribution in [0, 0.1) is 0 Å². The summed E-state index contributed by atoms with van der Waals surface area (Å²) in [6.45, 7) is 6.98. The van der Waals surface area contributed by atoms with Gasteiger partial charge in [-0.05, 0) is 55.8 Å². The van der Waals surface area contributed by atoms with Crippen LogP contribution in [-0.2, 0) is 6.54 Å². The van der Waals surface area contributed by atoms with E-state index in [1.165, 1.54) is 12.1 Å². The van der Waals surface area contributed by atoms with Crippen molar-refractivity contribution in [1.82, 2.24) is 15.5 Å². The molecule has 0 bridgehead atoms. The van der Waals surface area contributed by atoms with Gasteiger partial charge in [-0.3, -0.25) is 9.79 Å². The molecule has 0 radical (unpaired) electrons. The molecule has 3 N–H and O–H groups in total. The second kappa shape index (κ2) is 11.6. The Hall–Kier alpha value is -3.22. The quantitative estimate of drug-likeness (QED) is 0.343. The largest absolute Gasteiger partial charge is 0.508 e. The number of guanidine groups is 1. The Labute approximate surface area is 172 Å². The number of benzene rings is 2. The molecule has 2 aromatic rings. The van der Waals surface area contributed by atoms with Crippen LogP contribution in [0.4, 0.5) is 0 Å². The SMILES string of the molecule is CCNC(=NCCNC(=O)c1ccc(O)cc1)N(C)Cc1ccc(OCC)cc1. The normalized spacial score (nSPS) is 11.1. The van der Waals surface area contributed by atoms with E-state index in [2.05, 4.69) is 15.6 Å². The fourth-order valence-electron chi connectivity index (χ4n) is 2.72. The summed E-state index contributed by atoms with van der Waals surface area (Å²) in [5.74, 6) is 1.59. The number of carbonyl (C=O) groups is 1. The molecular weight excluding hydrogens is 368 g/mol. The number of phenolic OH excluding ortho intramolecular Hbond substituents is 1. The minimum atomic E-state index is -0.187. The van der Waals surface area contributed by atoms with Gasteiger partial charge in [0.1, 0.15) is 11.5 Å². The van der Waals surface area contributed by atoms with E-state index in [0.717, 1.165) is 23.8 Å². The predicted octanol–water partition coefficient (Wildman–Crippen LogP) is 2.62. The lowest BCUT2D eigenvalue weighted by atomic mass is 10.2. The summed E-state index contributed by atoms with van der Waals surface area (Å²) in [5, 5.41) is 15.4. The molecule has 0 spiro atoms. The summed E-state index contributed by atoms with van der Waals surface area (Å²) in [5.41, 5.74) is 1.66. The van der Waals surface area contributed by atoms with Crippen molar-refractivity contribution < 1.29 is 14.6 Å². The molecule has 0 aromatic heterocycles. The fourth-order valence-corrected chi connectivity index (χ4v) is 2.72. The van der Waals surface area contributed by atoms with Gasteiger partial charge < -0.3 is 25.4 Å². The highest BCUT2D eigenvalue weighted by atomic mass is 16.5. The fraction of sp³-hybridized carbons (Fsp3) is 0.364. The van der Waals surface area contributed by atoms with Crippen molar-refractivity contribution in [3.05, 3.63) is 59.7 Å². The van der Waals surface area contributed by atoms with Gasteiger partial charge in [-0.1, -0.05) is 12.1 Å². The Bertz CT molecular complexity index is 789. The first kappa shape index (κ1) is 22.1. The van der Waals surface area contributed by atoms with Crippen LogP contribution in [0.2, 0.25) is 0 Å². The maximum atomic E-state index is 12.1. The zero-order valence-corrected chi connectivity index (χ0v) is 17.3. The van der Waals surface area contributed by atoms with Gasteiger partial charge in [-0.25, -0.2) is 0 Å². The van der Waals surface area contributed by atoms with Crippen molar-refractivity contribution in [1.29, 1.82) is 0 Å². The highest BCUT2D eigenvalue weighted by Crippen LogP contribution is 2.13.